The lowest BCUT2D eigenvalue weighted by Gasteiger charge is -2.22. The summed E-state index contributed by atoms with van der Waals surface area (Å²) in [7, 11) is 0. The smallest absolute Gasteiger partial charge is 0.0314 e. The van der Waals surface area contributed by atoms with Gasteiger partial charge in [-0.2, -0.15) is 0 Å². The van der Waals surface area contributed by atoms with Gasteiger partial charge in [-0.05, 0) is 43.4 Å². The molecule has 2 fully saturated rings. The van der Waals surface area contributed by atoms with Gasteiger partial charge in [0.15, 0.2) is 0 Å². The van der Waals surface area contributed by atoms with E-state index in [1.165, 1.54) is 56.9 Å². The van der Waals surface area contributed by atoms with Crippen LogP contribution < -0.4 is 11.1 Å². The summed E-state index contributed by atoms with van der Waals surface area (Å²) in [5.41, 5.74) is 8.55. The highest BCUT2D eigenvalue weighted by molar-refractivity contribution is 5.43. The molecule has 2 nitrogen and oxygen atoms in total. The highest BCUT2D eigenvalue weighted by Crippen LogP contribution is 2.47. The van der Waals surface area contributed by atoms with Crippen molar-refractivity contribution in [3.63, 3.8) is 0 Å². The van der Waals surface area contributed by atoms with Crippen LogP contribution >= 0.6 is 0 Å². The molecule has 0 spiro atoms. The third kappa shape index (κ3) is 3.11. The number of anilines is 1. The standard InChI is InChI=1S/C17H26N2/c18-15-9-7-14(8-10-15)17(11-12-17)13-19-16-5-3-1-2-4-6-16/h7-10,16,19H,1-6,11-13,18H2. The molecule has 0 unspecified atom stereocenters. The van der Waals surface area contributed by atoms with Crippen molar-refractivity contribution in [3.05, 3.63) is 29.8 Å². The van der Waals surface area contributed by atoms with Crippen LogP contribution in [0.1, 0.15) is 56.9 Å². The molecular formula is C17H26N2. The van der Waals surface area contributed by atoms with Gasteiger partial charge >= 0.3 is 0 Å². The summed E-state index contributed by atoms with van der Waals surface area (Å²) in [4.78, 5) is 0. The van der Waals surface area contributed by atoms with E-state index in [2.05, 4.69) is 17.4 Å². The molecule has 0 atom stereocenters. The molecule has 1 aromatic rings. The van der Waals surface area contributed by atoms with E-state index >= 15 is 0 Å². The molecular weight excluding hydrogens is 232 g/mol. The summed E-state index contributed by atoms with van der Waals surface area (Å²) in [6.07, 6.45) is 11.1. The van der Waals surface area contributed by atoms with Crippen molar-refractivity contribution in [3.8, 4) is 0 Å². The molecule has 3 N–H and O–H groups in total. The third-order valence-electron chi connectivity index (χ3n) is 4.96. The van der Waals surface area contributed by atoms with E-state index in [9.17, 15) is 0 Å². The van der Waals surface area contributed by atoms with Gasteiger partial charge in [0.25, 0.3) is 0 Å². The van der Waals surface area contributed by atoms with Crippen LogP contribution in [0.5, 0.6) is 0 Å². The Hall–Kier alpha value is -1.02. The van der Waals surface area contributed by atoms with Crippen LogP contribution in [-0.4, -0.2) is 12.6 Å². The first kappa shape index (κ1) is 13.0. The quantitative estimate of drug-likeness (QED) is 0.639. The van der Waals surface area contributed by atoms with Gasteiger partial charge < -0.3 is 11.1 Å². The molecule has 104 valence electrons. The Morgan fingerprint density at radius 3 is 2.21 bits per heavy atom. The second-order valence-electron chi connectivity index (χ2n) is 6.47. The van der Waals surface area contributed by atoms with Crippen LogP contribution in [0.3, 0.4) is 0 Å². The van der Waals surface area contributed by atoms with Crippen LogP contribution in [-0.2, 0) is 5.41 Å². The van der Waals surface area contributed by atoms with E-state index in [1.807, 2.05) is 12.1 Å². The van der Waals surface area contributed by atoms with Gasteiger partial charge in [0.05, 0.1) is 0 Å². The number of rotatable bonds is 4. The van der Waals surface area contributed by atoms with Gasteiger partial charge in [-0.3, -0.25) is 0 Å². The predicted molar refractivity (Wildman–Crippen MR) is 81.3 cm³/mol. The van der Waals surface area contributed by atoms with Crippen molar-refractivity contribution in [1.82, 2.24) is 5.32 Å². The molecule has 3 rings (SSSR count). The molecule has 0 radical (unpaired) electrons. The Labute approximate surface area is 116 Å². The van der Waals surface area contributed by atoms with E-state index in [0.29, 0.717) is 5.41 Å². The Morgan fingerprint density at radius 2 is 1.63 bits per heavy atom. The first-order chi connectivity index (χ1) is 9.28. The van der Waals surface area contributed by atoms with Crippen molar-refractivity contribution >= 4 is 5.69 Å². The zero-order valence-electron chi connectivity index (χ0n) is 11.8. The lowest BCUT2D eigenvalue weighted by molar-refractivity contribution is 0.432. The fraction of sp³-hybridized carbons (Fsp3) is 0.647. The van der Waals surface area contributed by atoms with Gasteiger partial charge in [-0.1, -0.05) is 37.8 Å². The minimum atomic E-state index is 0.417. The zero-order valence-corrected chi connectivity index (χ0v) is 11.8. The Morgan fingerprint density at radius 1 is 1.00 bits per heavy atom. The summed E-state index contributed by atoms with van der Waals surface area (Å²) in [6.45, 7) is 1.15. The monoisotopic (exact) mass is 258 g/mol. The number of benzene rings is 1. The maximum atomic E-state index is 5.78. The Kier molecular flexibility index (Phi) is 3.79. The summed E-state index contributed by atoms with van der Waals surface area (Å²) in [5, 5.41) is 3.85. The molecule has 0 bridgehead atoms. The van der Waals surface area contributed by atoms with Crippen LogP contribution in [0.25, 0.3) is 0 Å². The summed E-state index contributed by atoms with van der Waals surface area (Å²) < 4.78 is 0. The lowest BCUT2D eigenvalue weighted by atomic mass is 9.95. The van der Waals surface area contributed by atoms with Crippen LogP contribution in [0, 0.1) is 0 Å². The minimum Gasteiger partial charge on any atom is -0.399 e. The Balaban J connectivity index is 1.58. The first-order valence-corrected chi connectivity index (χ1v) is 7.88. The highest BCUT2D eigenvalue weighted by atomic mass is 14.9. The van der Waals surface area contributed by atoms with E-state index in [-0.39, 0.29) is 0 Å². The van der Waals surface area contributed by atoms with E-state index in [0.717, 1.165) is 18.3 Å². The topological polar surface area (TPSA) is 38.0 Å². The van der Waals surface area contributed by atoms with Crippen molar-refractivity contribution in [1.29, 1.82) is 0 Å². The molecule has 0 heterocycles. The van der Waals surface area contributed by atoms with Crippen molar-refractivity contribution in [2.45, 2.75) is 62.8 Å². The van der Waals surface area contributed by atoms with E-state index in [1.54, 1.807) is 0 Å². The molecule has 1 aromatic carbocycles. The maximum absolute atomic E-state index is 5.78. The molecule has 19 heavy (non-hydrogen) atoms. The second-order valence-corrected chi connectivity index (χ2v) is 6.47. The highest BCUT2D eigenvalue weighted by Gasteiger charge is 2.44. The number of hydrogen-bond acceptors (Lipinski definition) is 2. The fourth-order valence-corrected chi connectivity index (χ4v) is 3.38. The SMILES string of the molecule is Nc1ccc(C2(CNC3CCCCCC3)CC2)cc1. The number of nitrogen functional groups attached to an aromatic ring is 1. The van der Waals surface area contributed by atoms with Gasteiger partial charge in [-0.25, -0.2) is 0 Å². The fourth-order valence-electron chi connectivity index (χ4n) is 3.38. The van der Waals surface area contributed by atoms with Crippen molar-refractivity contribution in [2.75, 3.05) is 12.3 Å². The van der Waals surface area contributed by atoms with Crippen molar-refractivity contribution in [2.24, 2.45) is 0 Å². The van der Waals surface area contributed by atoms with Gasteiger partial charge in [0.1, 0.15) is 0 Å². The van der Waals surface area contributed by atoms with Gasteiger partial charge in [-0.15, -0.1) is 0 Å². The molecule has 2 saturated carbocycles. The van der Waals surface area contributed by atoms with E-state index in [4.69, 9.17) is 5.73 Å². The minimum absolute atomic E-state index is 0.417. The Bertz CT molecular complexity index is 398. The van der Waals surface area contributed by atoms with Crippen LogP contribution in [0.15, 0.2) is 24.3 Å². The van der Waals surface area contributed by atoms with Crippen LogP contribution in [0.2, 0.25) is 0 Å². The molecule has 0 aromatic heterocycles. The van der Waals surface area contributed by atoms with E-state index < -0.39 is 0 Å². The molecule has 0 aliphatic heterocycles. The third-order valence-corrected chi connectivity index (χ3v) is 4.96. The summed E-state index contributed by atoms with van der Waals surface area (Å²) in [5.74, 6) is 0. The summed E-state index contributed by atoms with van der Waals surface area (Å²) in [6, 6.07) is 9.28. The first-order valence-electron chi connectivity index (χ1n) is 7.88. The molecule has 2 heteroatoms. The molecule has 0 amide bonds. The lowest BCUT2D eigenvalue weighted by Crippen LogP contribution is -2.35. The molecule has 0 saturated heterocycles. The average molecular weight is 258 g/mol. The zero-order chi connectivity index (χ0) is 13.1. The van der Waals surface area contributed by atoms with Crippen molar-refractivity contribution < 1.29 is 0 Å². The van der Waals surface area contributed by atoms with Gasteiger partial charge in [0, 0.05) is 23.7 Å². The predicted octanol–water partition coefficient (Wildman–Crippen LogP) is 3.61. The number of hydrogen-bond donors (Lipinski definition) is 2. The average Bonchev–Trinajstić information content (AvgIpc) is 3.23. The molecule has 2 aliphatic rings. The maximum Gasteiger partial charge on any atom is 0.0314 e. The van der Waals surface area contributed by atoms with Gasteiger partial charge in [0.2, 0.25) is 0 Å². The largest absolute Gasteiger partial charge is 0.399 e. The second kappa shape index (κ2) is 5.54. The number of nitrogens with one attached hydrogen (secondary N) is 1. The molecule has 2 aliphatic carbocycles. The normalized spacial score (nSPS) is 22.9. The summed E-state index contributed by atoms with van der Waals surface area (Å²) >= 11 is 0. The van der Waals surface area contributed by atoms with Crippen LogP contribution in [0.4, 0.5) is 5.69 Å². The number of nitrogens with two attached hydrogens (primary N) is 1.